The standard InChI is InChI=1S/C17H16FNO6/c1-9-7-10(3-6-14(21)24-2)16(22)15(18)17(9)25-13-8-11(20)4-5-12(13)19-23/h4-5,7-8,20,22H,3,6H2,1-2H3. The number of halogens is 1. The minimum absolute atomic E-state index is 0.0189. The van der Waals surface area contributed by atoms with Crippen molar-refractivity contribution in [2.75, 3.05) is 7.11 Å². The summed E-state index contributed by atoms with van der Waals surface area (Å²) >= 11 is 0. The van der Waals surface area contributed by atoms with Gasteiger partial charge in [-0.15, -0.1) is 4.91 Å². The second kappa shape index (κ2) is 7.61. The van der Waals surface area contributed by atoms with Gasteiger partial charge in [0.05, 0.1) is 7.11 Å². The second-order valence-corrected chi connectivity index (χ2v) is 5.27. The number of benzene rings is 2. The lowest BCUT2D eigenvalue weighted by molar-refractivity contribution is -0.140. The number of hydrogen-bond acceptors (Lipinski definition) is 7. The van der Waals surface area contributed by atoms with Crippen LogP contribution in [0.5, 0.6) is 23.0 Å². The Balaban J connectivity index is 2.37. The maximum Gasteiger partial charge on any atom is 0.305 e. The summed E-state index contributed by atoms with van der Waals surface area (Å²) in [5.41, 5.74) is 0.415. The molecule has 0 radical (unpaired) electrons. The largest absolute Gasteiger partial charge is 0.508 e. The van der Waals surface area contributed by atoms with Crippen molar-refractivity contribution in [1.82, 2.24) is 0 Å². The third kappa shape index (κ3) is 4.03. The number of hydrogen-bond donors (Lipinski definition) is 2. The molecule has 7 nitrogen and oxygen atoms in total. The van der Waals surface area contributed by atoms with Crippen LogP contribution in [0, 0.1) is 17.6 Å². The molecule has 0 aromatic heterocycles. The summed E-state index contributed by atoms with van der Waals surface area (Å²) in [6.45, 7) is 1.54. The fourth-order valence-corrected chi connectivity index (χ4v) is 2.24. The van der Waals surface area contributed by atoms with E-state index in [1.807, 2.05) is 0 Å². The molecule has 0 saturated heterocycles. The number of aryl methyl sites for hydroxylation is 2. The highest BCUT2D eigenvalue weighted by Crippen LogP contribution is 2.40. The molecular weight excluding hydrogens is 333 g/mol. The summed E-state index contributed by atoms with van der Waals surface area (Å²) in [6, 6.07) is 5.03. The molecule has 0 aliphatic carbocycles. The monoisotopic (exact) mass is 349 g/mol. The van der Waals surface area contributed by atoms with Gasteiger partial charge in [0.15, 0.2) is 22.9 Å². The molecule has 0 bridgehead atoms. The van der Waals surface area contributed by atoms with Crippen molar-refractivity contribution in [2.24, 2.45) is 5.18 Å². The van der Waals surface area contributed by atoms with Crippen LogP contribution < -0.4 is 4.74 Å². The molecule has 0 spiro atoms. The maximum atomic E-state index is 14.5. The van der Waals surface area contributed by atoms with Gasteiger partial charge < -0.3 is 19.7 Å². The Morgan fingerprint density at radius 2 is 2.00 bits per heavy atom. The first-order chi connectivity index (χ1) is 11.9. The van der Waals surface area contributed by atoms with Crippen LogP contribution in [-0.2, 0) is 16.0 Å². The molecule has 2 N–H and O–H groups in total. The highest BCUT2D eigenvalue weighted by molar-refractivity contribution is 5.69. The Morgan fingerprint density at radius 1 is 1.28 bits per heavy atom. The first-order valence-electron chi connectivity index (χ1n) is 7.29. The van der Waals surface area contributed by atoms with Gasteiger partial charge in [0.2, 0.25) is 5.82 Å². The van der Waals surface area contributed by atoms with Crippen LogP contribution >= 0.6 is 0 Å². The van der Waals surface area contributed by atoms with Crippen LogP contribution in [0.3, 0.4) is 0 Å². The highest BCUT2D eigenvalue weighted by Gasteiger charge is 2.20. The van der Waals surface area contributed by atoms with Crippen LogP contribution in [0.2, 0.25) is 0 Å². The van der Waals surface area contributed by atoms with Gasteiger partial charge in [-0.3, -0.25) is 4.79 Å². The predicted octanol–water partition coefficient (Wildman–Crippen LogP) is 3.84. The van der Waals surface area contributed by atoms with Crippen LogP contribution in [0.4, 0.5) is 10.1 Å². The SMILES string of the molecule is COC(=O)CCc1cc(C)c(Oc2cc(O)ccc2N=O)c(F)c1O. The van der Waals surface area contributed by atoms with E-state index in [-0.39, 0.29) is 41.3 Å². The lowest BCUT2D eigenvalue weighted by Crippen LogP contribution is -2.03. The van der Waals surface area contributed by atoms with E-state index >= 15 is 0 Å². The molecule has 25 heavy (non-hydrogen) atoms. The predicted molar refractivity (Wildman–Crippen MR) is 86.8 cm³/mol. The number of esters is 1. The van der Waals surface area contributed by atoms with Gasteiger partial charge in [-0.2, -0.15) is 4.39 Å². The summed E-state index contributed by atoms with van der Waals surface area (Å²) in [5.74, 6) is -2.85. The van der Waals surface area contributed by atoms with Crippen molar-refractivity contribution >= 4 is 11.7 Å². The fraction of sp³-hybridized carbons (Fsp3) is 0.235. The molecule has 0 aliphatic heterocycles. The average Bonchev–Trinajstić information content (AvgIpc) is 2.60. The zero-order valence-corrected chi connectivity index (χ0v) is 13.6. The summed E-state index contributed by atoms with van der Waals surface area (Å²) in [7, 11) is 1.24. The maximum absolute atomic E-state index is 14.5. The number of nitrogens with zero attached hydrogens (tertiary/aromatic N) is 1. The van der Waals surface area contributed by atoms with E-state index in [1.54, 1.807) is 0 Å². The number of phenolic OH excluding ortho intramolecular Hbond substituents is 2. The summed E-state index contributed by atoms with van der Waals surface area (Å²) in [5, 5.41) is 22.2. The Bertz CT molecular complexity index is 821. The summed E-state index contributed by atoms with van der Waals surface area (Å²) in [4.78, 5) is 22.0. The zero-order valence-electron chi connectivity index (χ0n) is 13.6. The molecule has 0 aliphatic rings. The molecule has 0 atom stereocenters. The Kier molecular flexibility index (Phi) is 5.53. The minimum Gasteiger partial charge on any atom is -0.508 e. The van der Waals surface area contributed by atoms with Crippen molar-refractivity contribution in [3.05, 3.63) is 46.1 Å². The Labute approximate surface area is 142 Å². The summed E-state index contributed by atoms with van der Waals surface area (Å²) < 4.78 is 24.3. The molecule has 8 heteroatoms. The molecular formula is C17H16FNO6. The molecule has 2 rings (SSSR count). The van der Waals surface area contributed by atoms with E-state index in [0.717, 1.165) is 6.07 Å². The second-order valence-electron chi connectivity index (χ2n) is 5.27. The molecule has 132 valence electrons. The Hall–Kier alpha value is -3.16. The molecule has 0 fully saturated rings. The van der Waals surface area contributed by atoms with Crippen molar-refractivity contribution in [1.29, 1.82) is 0 Å². The van der Waals surface area contributed by atoms with Gasteiger partial charge >= 0.3 is 5.97 Å². The van der Waals surface area contributed by atoms with Crippen molar-refractivity contribution in [2.45, 2.75) is 19.8 Å². The van der Waals surface area contributed by atoms with Crippen LogP contribution in [0.1, 0.15) is 17.5 Å². The first-order valence-corrected chi connectivity index (χ1v) is 7.29. The summed E-state index contributed by atoms with van der Waals surface area (Å²) in [6.07, 6.45) is 0.0682. The lowest BCUT2D eigenvalue weighted by Gasteiger charge is -2.14. The number of methoxy groups -OCH3 is 1. The van der Waals surface area contributed by atoms with Gasteiger partial charge in [0.1, 0.15) is 5.75 Å². The van der Waals surface area contributed by atoms with Gasteiger partial charge in [-0.1, -0.05) is 0 Å². The normalized spacial score (nSPS) is 10.4. The smallest absolute Gasteiger partial charge is 0.305 e. The minimum atomic E-state index is -1.04. The zero-order chi connectivity index (χ0) is 18.6. The molecule has 0 saturated carbocycles. The molecule has 2 aromatic carbocycles. The van der Waals surface area contributed by atoms with Crippen LogP contribution in [0.15, 0.2) is 29.4 Å². The van der Waals surface area contributed by atoms with E-state index < -0.39 is 17.5 Å². The number of carbonyl (C=O) groups is 1. The van der Waals surface area contributed by atoms with Crippen LogP contribution in [-0.4, -0.2) is 23.3 Å². The van der Waals surface area contributed by atoms with Crippen molar-refractivity contribution in [3.63, 3.8) is 0 Å². The lowest BCUT2D eigenvalue weighted by atomic mass is 10.0. The van der Waals surface area contributed by atoms with Crippen molar-refractivity contribution in [3.8, 4) is 23.0 Å². The van der Waals surface area contributed by atoms with Gasteiger partial charge in [0.25, 0.3) is 0 Å². The third-order valence-electron chi connectivity index (χ3n) is 3.54. The van der Waals surface area contributed by atoms with Crippen molar-refractivity contribution < 1.29 is 28.9 Å². The number of nitroso groups, excluding NO2 is 1. The van der Waals surface area contributed by atoms with E-state index in [9.17, 15) is 24.3 Å². The van der Waals surface area contributed by atoms with E-state index in [4.69, 9.17) is 4.74 Å². The fourth-order valence-electron chi connectivity index (χ4n) is 2.24. The number of aromatic hydroxyl groups is 2. The average molecular weight is 349 g/mol. The van der Waals surface area contributed by atoms with E-state index in [2.05, 4.69) is 9.91 Å². The van der Waals surface area contributed by atoms with Crippen LogP contribution in [0.25, 0.3) is 0 Å². The van der Waals surface area contributed by atoms with Gasteiger partial charge in [-0.05, 0) is 47.8 Å². The number of ether oxygens (including phenoxy) is 2. The van der Waals surface area contributed by atoms with E-state index in [1.165, 1.54) is 32.2 Å². The molecule has 0 amide bonds. The number of carbonyl (C=O) groups excluding carboxylic acids is 1. The topological polar surface area (TPSA) is 105 Å². The molecule has 0 unspecified atom stereocenters. The number of rotatable bonds is 6. The first kappa shape index (κ1) is 18.2. The Morgan fingerprint density at radius 3 is 2.64 bits per heavy atom. The van der Waals surface area contributed by atoms with Gasteiger partial charge in [0, 0.05) is 12.5 Å². The quantitative estimate of drug-likeness (QED) is 0.606. The van der Waals surface area contributed by atoms with E-state index in [0.29, 0.717) is 5.56 Å². The molecule has 0 heterocycles. The van der Waals surface area contributed by atoms with Gasteiger partial charge in [-0.25, -0.2) is 0 Å². The molecule has 2 aromatic rings. The third-order valence-corrected chi connectivity index (χ3v) is 3.54. The highest BCUT2D eigenvalue weighted by atomic mass is 19.1. The number of phenols is 2.